The second-order valence-electron chi connectivity index (χ2n) is 3.65. The van der Waals surface area contributed by atoms with Gasteiger partial charge in [-0.2, -0.15) is 0 Å². The fourth-order valence-corrected chi connectivity index (χ4v) is 1.61. The van der Waals surface area contributed by atoms with Gasteiger partial charge < -0.3 is 4.74 Å². The highest BCUT2D eigenvalue weighted by molar-refractivity contribution is 5.90. The maximum absolute atomic E-state index is 13.5. The van der Waals surface area contributed by atoms with E-state index < -0.39 is 0 Å². The van der Waals surface area contributed by atoms with E-state index in [1.165, 1.54) is 6.20 Å². The first-order chi connectivity index (χ1) is 8.72. The van der Waals surface area contributed by atoms with Crippen LogP contribution in [0.2, 0.25) is 0 Å². The molecule has 0 radical (unpaired) electrons. The molecule has 0 saturated carbocycles. The van der Waals surface area contributed by atoms with Crippen LogP contribution in [0.4, 0.5) is 4.39 Å². The van der Waals surface area contributed by atoms with Crippen LogP contribution in [0, 0.1) is 5.82 Å². The van der Waals surface area contributed by atoms with Gasteiger partial charge >= 0.3 is 5.97 Å². The van der Waals surface area contributed by atoms with Gasteiger partial charge in [0.05, 0.1) is 18.4 Å². The summed E-state index contributed by atoms with van der Waals surface area (Å²) in [5.74, 6) is -0.763. The van der Waals surface area contributed by atoms with Gasteiger partial charge in [-0.15, -0.1) is 0 Å². The summed E-state index contributed by atoms with van der Waals surface area (Å²) in [6.45, 7) is 2.08. The van der Waals surface area contributed by atoms with E-state index in [0.717, 1.165) is 6.20 Å². The number of esters is 1. The zero-order chi connectivity index (χ0) is 13.0. The minimum atomic E-state index is -0.388. The standard InChI is InChI=1S/C14H12FNO2/c1-2-18-14(17)11-5-3-10(4-6-11)12-7-8-16-9-13(12)15/h3-9H,2H2,1H3. The van der Waals surface area contributed by atoms with Crippen molar-refractivity contribution in [3.8, 4) is 11.1 Å². The van der Waals surface area contributed by atoms with Crippen molar-refractivity contribution >= 4 is 5.97 Å². The van der Waals surface area contributed by atoms with Crippen LogP contribution in [0.25, 0.3) is 11.1 Å². The average molecular weight is 245 g/mol. The molecule has 0 aliphatic heterocycles. The third kappa shape index (κ3) is 2.53. The molecule has 0 fully saturated rings. The number of rotatable bonds is 3. The zero-order valence-corrected chi connectivity index (χ0v) is 9.89. The van der Waals surface area contributed by atoms with E-state index in [1.54, 1.807) is 37.3 Å². The predicted octanol–water partition coefficient (Wildman–Crippen LogP) is 3.06. The number of hydrogen-bond acceptors (Lipinski definition) is 3. The lowest BCUT2D eigenvalue weighted by Crippen LogP contribution is -2.04. The predicted molar refractivity (Wildman–Crippen MR) is 65.6 cm³/mol. The summed E-state index contributed by atoms with van der Waals surface area (Å²) in [4.78, 5) is 15.1. The molecule has 1 heterocycles. The van der Waals surface area contributed by atoms with Crippen molar-refractivity contribution in [3.63, 3.8) is 0 Å². The Morgan fingerprint density at radius 2 is 2.00 bits per heavy atom. The van der Waals surface area contributed by atoms with Crippen molar-refractivity contribution in [1.82, 2.24) is 4.98 Å². The number of benzene rings is 1. The Kier molecular flexibility index (Phi) is 3.67. The number of ether oxygens (including phenoxy) is 1. The van der Waals surface area contributed by atoms with Crippen molar-refractivity contribution in [3.05, 3.63) is 54.1 Å². The van der Waals surface area contributed by atoms with Crippen molar-refractivity contribution < 1.29 is 13.9 Å². The van der Waals surface area contributed by atoms with E-state index in [4.69, 9.17) is 4.74 Å². The van der Waals surface area contributed by atoms with E-state index >= 15 is 0 Å². The quantitative estimate of drug-likeness (QED) is 0.780. The van der Waals surface area contributed by atoms with Gasteiger partial charge in [-0.3, -0.25) is 4.98 Å². The van der Waals surface area contributed by atoms with E-state index in [0.29, 0.717) is 23.3 Å². The van der Waals surface area contributed by atoms with Gasteiger partial charge in [-0.1, -0.05) is 12.1 Å². The molecule has 0 amide bonds. The Labute approximate surface area is 104 Å². The molecule has 0 aliphatic carbocycles. The number of nitrogens with zero attached hydrogens (tertiary/aromatic N) is 1. The molecule has 0 aliphatic rings. The molecule has 18 heavy (non-hydrogen) atoms. The van der Waals surface area contributed by atoms with E-state index in [9.17, 15) is 9.18 Å². The number of carbonyl (C=O) groups excluding carboxylic acids is 1. The molecule has 0 spiro atoms. The molecule has 1 aromatic heterocycles. The molecule has 0 unspecified atom stereocenters. The summed E-state index contributed by atoms with van der Waals surface area (Å²) in [5, 5.41) is 0. The lowest BCUT2D eigenvalue weighted by Gasteiger charge is -2.05. The summed E-state index contributed by atoms with van der Waals surface area (Å²) in [6.07, 6.45) is 2.69. The first kappa shape index (κ1) is 12.2. The first-order valence-electron chi connectivity index (χ1n) is 5.59. The van der Waals surface area contributed by atoms with Crippen molar-refractivity contribution in [1.29, 1.82) is 0 Å². The molecule has 2 rings (SSSR count). The summed E-state index contributed by atoms with van der Waals surface area (Å²) >= 11 is 0. The monoisotopic (exact) mass is 245 g/mol. The Bertz CT molecular complexity index is 552. The number of hydrogen-bond donors (Lipinski definition) is 0. The van der Waals surface area contributed by atoms with Crippen molar-refractivity contribution in [2.45, 2.75) is 6.92 Å². The molecule has 92 valence electrons. The van der Waals surface area contributed by atoms with Gasteiger partial charge in [0.1, 0.15) is 5.82 Å². The van der Waals surface area contributed by atoms with Crippen LogP contribution < -0.4 is 0 Å². The number of aromatic nitrogens is 1. The Morgan fingerprint density at radius 1 is 1.28 bits per heavy atom. The Balaban J connectivity index is 2.28. The average Bonchev–Trinajstić information content (AvgIpc) is 2.40. The summed E-state index contributed by atoms with van der Waals surface area (Å²) in [6, 6.07) is 8.20. The number of carbonyl (C=O) groups is 1. The summed E-state index contributed by atoms with van der Waals surface area (Å²) in [5.41, 5.74) is 1.61. The highest BCUT2D eigenvalue weighted by Crippen LogP contribution is 2.22. The van der Waals surface area contributed by atoms with Gasteiger partial charge in [-0.05, 0) is 30.7 Å². The number of halogens is 1. The van der Waals surface area contributed by atoms with Gasteiger partial charge in [0.25, 0.3) is 0 Å². The lowest BCUT2D eigenvalue weighted by atomic mass is 10.0. The number of pyridine rings is 1. The smallest absolute Gasteiger partial charge is 0.338 e. The molecular weight excluding hydrogens is 233 g/mol. The van der Waals surface area contributed by atoms with Crippen LogP contribution in [0.1, 0.15) is 17.3 Å². The minimum Gasteiger partial charge on any atom is -0.462 e. The molecule has 0 bridgehead atoms. The van der Waals surface area contributed by atoms with Gasteiger partial charge in [-0.25, -0.2) is 9.18 Å². The molecule has 2 aromatic rings. The maximum atomic E-state index is 13.5. The fourth-order valence-electron chi connectivity index (χ4n) is 1.61. The summed E-state index contributed by atoms with van der Waals surface area (Å²) < 4.78 is 18.4. The SMILES string of the molecule is CCOC(=O)c1ccc(-c2ccncc2F)cc1. The van der Waals surface area contributed by atoms with Crippen LogP contribution in [0.15, 0.2) is 42.7 Å². The fraction of sp³-hybridized carbons (Fsp3) is 0.143. The van der Waals surface area contributed by atoms with Gasteiger partial charge in [0, 0.05) is 11.8 Å². The first-order valence-corrected chi connectivity index (χ1v) is 5.59. The van der Waals surface area contributed by atoms with Crippen molar-refractivity contribution in [2.24, 2.45) is 0 Å². The maximum Gasteiger partial charge on any atom is 0.338 e. The highest BCUT2D eigenvalue weighted by Gasteiger charge is 2.08. The van der Waals surface area contributed by atoms with E-state index in [-0.39, 0.29) is 11.8 Å². The third-order valence-corrected chi connectivity index (χ3v) is 2.48. The van der Waals surface area contributed by atoms with Crippen LogP contribution >= 0.6 is 0 Å². The normalized spacial score (nSPS) is 10.1. The van der Waals surface area contributed by atoms with E-state index in [1.807, 2.05) is 0 Å². The van der Waals surface area contributed by atoms with Gasteiger partial charge in [0.2, 0.25) is 0 Å². The largest absolute Gasteiger partial charge is 0.462 e. The zero-order valence-electron chi connectivity index (χ0n) is 9.89. The second-order valence-corrected chi connectivity index (χ2v) is 3.65. The molecule has 0 atom stereocenters. The topological polar surface area (TPSA) is 39.2 Å². The second kappa shape index (κ2) is 5.40. The van der Waals surface area contributed by atoms with Crippen molar-refractivity contribution in [2.75, 3.05) is 6.61 Å². The Hall–Kier alpha value is -2.23. The molecule has 4 heteroatoms. The van der Waals surface area contributed by atoms with Crippen LogP contribution in [-0.2, 0) is 4.74 Å². The highest BCUT2D eigenvalue weighted by atomic mass is 19.1. The molecule has 0 N–H and O–H groups in total. The van der Waals surface area contributed by atoms with Gasteiger partial charge in [0.15, 0.2) is 0 Å². The van der Waals surface area contributed by atoms with Crippen LogP contribution in [0.5, 0.6) is 0 Å². The molecule has 1 aromatic carbocycles. The van der Waals surface area contributed by atoms with Crippen LogP contribution in [0.3, 0.4) is 0 Å². The third-order valence-electron chi connectivity index (χ3n) is 2.48. The Morgan fingerprint density at radius 3 is 2.61 bits per heavy atom. The van der Waals surface area contributed by atoms with Crippen LogP contribution in [-0.4, -0.2) is 17.6 Å². The summed E-state index contributed by atoms with van der Waals surface area (Å²) in [7, 11) is 0. The minimum absolute atomic E-state index is 0.333. The molecular formula is C14H12FNO2. The molecule has 0 saturated heterocycles. The molecule has 3 nitrogen and oxygen atoms in total. The van der Waals surface area contributed by atoms with E-state index in [2.05, 4.69) is 4.98 Å². The lowest BCUT2D eigenvalue weighted by molar-refractivity contribution is 0.0526.